The number of likely N-dealkylation sites (tertiary alicyclic amines) is 1. The molecule has 1 heterocycles. The van der Waals surface area contributed by atoms with Crippen molar-refractivity contribution in [2.45, 2.75) is 91.3 Å². The summed E-state index contributed by atoms with van der Waals surface area (Å²) in [7, 11) is 2.17. The highest BCUT2D eigenvalue weighted by molar-refractivity contribution is 4.97. The van der Waals surface area contributed by atoms with Gasteiger partial charge in [0.2, 0.25) is 0 Å². The van der Waals surface area contributed by atoms with Crippen molar-refractivity contribution in [3.05, 3.63) is 0 Å². The van der Waals surface area contributed by atoms with E-state index < -0.39 is 0 Å². The number of nitrogens with one attached hydrogen (secondary N) is 1. The summed E-state index contributed by atoms with van der Waals surface area (Å²) < 4.78 is 0. The minimum Gasteiger partial charge on any atom is -0.315 e. The first-order valence-electron chi connectivity index (χ1n) is 9.32. The van der Waals surface area contributed by atoms with Gasteiger partial charge in [-0.2, -0.15) is 0 Å². The van der Waals surface area contributed by atoms with Gasteiger partial charge in [-0.15, -0.1) is 0 Å². The second kappa shape index (κ2) is 7.00. The zero-order chi connectivity index (χ0) is 15.6. The Bertz CT molecular complexity index is 326. The molecule has 124 valence electrons. The molecule has 2 aliphatic rings. The number of piperidine rings is 1. The van der Waals surface area contributed by atoms with Gasteiger partial charge in [0.05, 0.1) is 0 Å². The summed E-state index contributed by atoms with van der Waals surface area (Å²) >= 11 is 0. The molecule has 2 rings (SSSR count). The Morgan fingerprint density at radius 2 is 1.81 bits per heavy atom. The van der Waals surface area contributed by atoms with Crippen molar-refractivity contribution in [3.63, 3.8) is 0 Å². The van der Waals surface area contributed by atoms with Crippen LogP contribution in [0.15, 0.2) is 0 Å². The monoisotopic (exact) mass is 294 g/mol. The molecule has 1 saturated heterocycles. The van der Waals surface area contributed by atoms with Crippen LogP contribution < -0.4 is 5.32 Å². The second-order valence-corrected chi connectivity index (χ2v) is 8.54. The van der Waals surface area contributed by atoms with Gasteiger partial charge < -0.3 is 5.32 Å². The molecule has 5 atom stereocenters. The van der Waals surface area contributed by atoms with E-state index in [2.05, 4.69) is 51.9 Å². The van der Waals surface area contributed by atoms with Gasteiger partial charge in [0.25, 0.3) is 0 Å². The van der Waals surface area contributed by atoms with E-state index in [0.29, 0.717) is 11.5 Å². The molecule has 1 aliphatic carbocycles. The Balaban J connectivity index is 2.12. The largest absolute Gasteiger partial charge is 0.315 e. The molecule has 1 saturated carbocycles. The number of hydrogen-bond donors (Lipinski definition) is 1. The molecular formula is C19H38N2. The van der Waals surface area contributed by atoms with E-state index in [9.17, 15) is 0 Å². The highest BCUT2D eigenvalue weighted by atomic mass is 15.2. The van der Waals surface area contributed by atoms with Crippen LogP contribution >= 0.6 is 0 Å². The van der Waals surface area contributed by atoms with Gasteiger partial charge in [-0.25, -0.2) is 0 Å². The molecule has 2 heteroatoms. The van der Waals surface area contributed by atoms with Gasteiger partial charge in [-0.3, -0.25) is 4.90 Å². The molecule has 0 spiro atoms. The maximum absolute atomic E-state index is 3.64. The topological polar surface area (TPSA) is 15.3 Å². The molecule has 2 fully saturated rings. The van der Waals surface area contributed by atoms with Crippen molar-refractivity contribution in [2.75, 3.05) is 13.6 Å². The van der Waals surface area contributed by atoms with Gasteiger partial charge in [-0.1, -0.05) is 34.1 Å². The molecular weight excluding hydrogens is 256 g/mol. The summed E-state index contributed by atoms with van der Waals surface area (Å²) in [4.78, 5) is 2.85. The van der Waals surface area contributed by atoms with E-state index >= 15 is 0 Å². The van der Waals surface area contributed by atoms with Crippen LogP contribution in [0, 0.1) is 17.3 Å². The number of hydrogen-bond acceptors (Lipinski definition) is 2. The maximum Gasteiger partial charge on any atom is 0.0254 e. The fourth-order valence-corrected chi connectivity index (χ4v) is 4.63. The van der Waals surface area contributed by atoms with E-state index in [-0.39, 0.29) is 0 Å². The van der Waals surface area contributed by atoms with Crippen LogP contribution in [-0.4, -0.2) is 36.6 Å². The first-order valence-corrected chi connectivity index (χ1v) is 9.32. The molecule has 2 nitrogen and oxygen atoms in total. The minimum atomic E-state index is 0.502. The highest BCUT2D eigenvalue weighted by Gasteiger charge is 2.41. The summed E-state index contributed by atoms with van der Waals surface area (Å²) in [5.41, 5.74) is 0.502. The third-order valence-corrected chi connectivity index (χ3v) is 6.80. The first kappa shape index (κ1) is 17.3. The van der Waals surface area contributed by atoms with Crippen molar-refractivity contribution in [3.8, 4) is 0 Å². The Labute approximate surface area is 133 Å². The van der Waals surface area contributed by atoms with Gasteiger partial charge in [0.15, 0.2) is 0 Å². The predicted molar refractivity (Wildman–Crippen MR) is 92.6 cm³/mol. The average molecular weight is 295 g/mol. The fourth-order valence-electron chi connectivity index (χ4n) is 4.63. The van der Waals surface area contributed by atoms with Crippen LogP contribution in [0.1, 0.15) is 73.1 Å². The third kappa shape index (κ3) is 3.82. The van der Waals surface area contributed by atoms with Gasteiger partial charge in [0.1, 0.15) is 0 Å². The average Bonchev–Trinajstić information content (AvgIpc) is 2.49. The zero-order valence-corrected chi connectivity index (χ0v) is 15.3. The lowest BCUT2D eigenvalue weighted by Gasteiger charge is -2.50. The van der Waals surface area contributed by atoms with E-state index in [1.54, 1.807) is 0 Å². The lowest BCUT2D eigenvalue weighted by Crippen LogP contribution is -2.58. The SMILES string of the molecule is CCC(C)(C)C1CCC(NC)C(N2CC(C)CCC2C)C1. The molecule has 0 amide bonds. The van der Waals surface area contributed by atoms with Crippen molar-refractivity contribution < 1.29 is 0 Å². The molecule has 0 aromatic heterocycles. The van der Waals surface area contributed by atoms with Crippen molar-refractivity contribution >= 4 is 0 Å². The standard InChI is InChI=1S/C19H38N2/c1-7-19(4,5)16-10-11-17(20-6)18(12-16)21-13-14(2)8-9-15(21)3/h14-18,20H,7-13H2,1-6H3. The molecule has 0 aromatic rings. The van der Waals surface area contributed by atoms with Crippen LogP contribution in [0.3, 0.4) is 0 Å². The van der Waals surface area contributed by atoms with E-state index in [0.717, 1.165) is 23.9 Å². The van der Waals surface area contributed by atoms with E-state index in [1.807, 2.05) is 0 Å². The molecule has 1 N–H and O–H groups in total. The highest BCUT2D eigenvalue weighted by Crippen LogP contribution is 2.42. The summed E-state index contributed by atoms with van der Waals surface area (Å²) in [6, 6.07) is 2.21. The van der Waals surface area contributed by atoms with Crippen LogP contribution in [-0.2, 0) is 0 Å². The van der Waals surface area contributed by atoms with Crippen LogP contribution in [0.25, 0.3) is 0 Å². The Morgan fingerprint density at radius 3 is 2.43 bits per heavy atom. The van der Waals surface area contributed by atoms with Crippen LogP contribution in [0.5, 0.6) is 0 Å². The number of likely N-dealkylation sites (N-methyl/N-ethyl adjacent to an activating group) is 1. The first-order chi connectivity index (χ1) is 9.89. The predicted octanol–water partition coefficient (Wildman–Crippen LogP) is 4.30. The molecule has 5 unspecified atom stereocenters. The summed E-state index contributed by atoms with van der Waals surface area (Å²) in [6.45, 7) is 13.5. The minimum absolute atomic E-state index is 0.502. The van der Waals surface area contributed by atoms with Crippen LogP contribution in [0.2, 0.25) is 0 Å². The van der Waals surface area contributed by atoms with Crippen LogP contribution in [0.4, 0.5) is 0 Å². The number of nitrogens with zero attached hydrogens (tertiary/aromatic N) is 1. The van der Waals surface area contributed by atoms with Gasteiger partial charge in [-0.05, 0) is 63.3 Å². The smallest absolute Gasteiger partial charge is 0.0254 e. The quantitative estimate of drug-likeness (QED) is 0.831. The van der Waals surface area contributed by atoms with E-state index in [1.165, 1.54) is 45.1 Å². The van der Waals surface area contributed by atoms with E-state index in [4.69, 9.17) is 0 Å². The lowest BCUT2D eigenvalue weighted by atomic mass is 9.66. The zero-order valence-electron chi connectivity index (χ0n) is 15.3. The van der Waals surface area contributed by atoms with Crippen molar-refractivity contribution in [2.24, 2.45) is 17.3 Å². The molecule has 0 radical (unpaired) electrons. The number of rotatable bonds is 4. The molecule has 0 bridgehead atoms. The molecule has 0 aromatic carbocycles. The van der Waals surface area contributed by atoms with Crippen molar-refractivity contribution in [1.29, 1.82) is 0 Å². The summed E-state index contributed by atoms with van der Waals surface area (Å²) in [5, 5.41) is 3.64. The van der Waals surface area contributed by atoms with Gasteiger partial charge >= 0.3 is 0 Å². The van der Waals surface area contributed by atoms with Gasteiger partial charge in [0, 0.05) is 24.7 Å². The Hall–Kier alpha value is -0.0800. The maximum atomic E-state index is 3.64. The third-order valence-electron chi connectivity index (χ3n) is 6.80. The summed E-state index contributed by atoms with van der Waals surface area (Å²) in [6.07, 6.45) is 8.26. The second-order valence-electron chi connectivity index (χ2n) is 8.54. The normalized spacial score (nSPS) is 39.4. The lowest BCUT2D eigenvalue weighted by molar-refractivity contribution is 0.00512. The fraction of sp³-hybridized carbons (Fsp3) is 1.00. The molecule has 21 heavy (non-hydrogen) atoms. The molecule has 1 aliphatic heterocycles. The Morgan fingerprint density at radius 1 is 1.10 bits per heavy atom. The Kier molecular flexibility index (Phi) is 5.76. The summed E-state index contributed by atoms with van der Waals surface area (Å²) in [5.74, 6) is 1.76. The van der Waals surface area contributed by atoms with Crippen molar-refractivity contribution in [1.82, 2.24) is 10.2 Å².